The van der Waals surface area contributed by atoms with Crippen LogP contribution in [0.5, 0.6) is 0 Å². The molecule has 0 bridgehead atoms. The third-order valence-corrected chi connectivity index (χ3v) is 4.51. The van der Waals surface area contributed by atoms with E-state index in [1.807, 2.05) is 38.1 Å². The standard InChI is InChI=1S/C18H26FN5S/c1-4-20-18(23-13-17-22-12-14(2)25-17)21-10-7-11-24(3)16-9-6-5-8-15(16)19/h5-6,8-9,12H,4,7,10-11,13H2,1-3H3,(H2,20,21,23). The van der Waals surface area contributed by atoms with E-state index in [1.54, 1.807) is 23.5 Å². The van der Waals surface area contributed by atoms with E-state index in [1.165, 1.54) is 10.9 Å². The number of benzene rings is 1. The molecule has 25 heavy (non-hydrogen) atoms. The van der Waals surface area contributed by atoms with Gasteiger partial charge in [0, 0.05) is 37.8 Å². The van der Waals surface area contributed by atoms with E-state index in [-0.39, 0.29) is 5.82 Å². The van der Waals surface area contributed by atoms with Gasteiger partial charge >= 0.3 is 0 Å². The van der Waals surface area contributed by atoms with Gasteiger partial charge in [0.2, 0.25) is 0 Å². The van der Waals surface area contributed by atoms with E-state index >= 15 is 0 Å². The number of hydrogen-bond acceptors (Lipinski definition) is 4. The van der Waals surface area contributed by atoms with Gasteiger partial charge in [-0.1, -0.05) is 12.1 Å². The highest BCUT2D eigenvalue weighted by molar-refractivity contribution is 7.11. The Bertz CT molecular complexity index is 686. The summed E-state index contributed by atoms with van der Waals surface area (Å²) in [6, 6.07) is 6.84. The minimum atomic E-state index is -0.188. The van der Waals surface area contributed by atoms with Gasteiger partial charge in [0.25, 0.3) is 0 Å². The first-order chi connectivity index (χ1) is 12.1. The second kappa shape index (κ2) is 9.98. The maximum absolute atomic E-state index is 13.7. The Kier molecular flexibility index (Phi) is 7.66. The first kappa shape index (κ1) is 19.2. The van der Waals surface area contributed by atoms with E-state index in [0.717, 1.165) is 37.0 Å². The minimum Gasteiger partial charge on any atom is -0.372 e. The molecule has 0 aliphatic heterocycles. The molecule has 5 nitrogen and oxygen atoms in total. The van der Waals surface area contributed by atoms with Gasteiger partial charge in [-0.15, -0.1) is 11.3 Å². The number of para-hydroxylation sites is 1. The summed E-state index contributed by atoms with van der Waals surface area (Å²) in [5.74, 6) is 0.593. The van der Waals surface area contributed by atoms with Crippen molar-refractivity contribution in [2.75, 3.05) is 31.6 Å². The average molecular weight is 364 g/mol. The zero-order chi connectivity index (χ0) is 18.1. The van der Waals surface area contributed by atoms with Crippen molar-refractivity contribution in [2.45, 2.75) is 26.8 Å². The minimum absolute atomic E-state index is 0.188. The maximum Gasteiger partial charge on any atom is 0.191 e. The van der Waals surface area contributed by atoms with Crippen LogP contribution in [0.25, 0.3) is 0 Å². The number of thiazole rings is 1. The number of nitrogens with one attached hydrogen (secondary N) is 2. The largest absolute Gasteiger partial charge is 0.372 e. The molecule has 0 unspecified atom stereocenters. The fourth-order valence-electron chi connectivity index (χ4n) is 2.37. The average Bonchev–Trinajstić information content (AvgIpc) is 3.02. The third-order valence-electron chi connectivity index (χ3n) is 3.61. The molecule has 0 saturated heterocycles. The number of halogens is 1. The number of anilines is 1. The number of guanidine groups is 1. The van der Waals surface area contributed by atoms with Gasteiger partial charge in [-0.05, 0) is 32.4 Å². The summed E-state index contributed by atoms with van der Waals surface area (Å²) in [7, 11) is 1.91. The lowest BCUT2D eigenvalue weighted by Gasteiger charge is -2.20. The summed E-state index contributed by atoms with van der Waals surface area (Å²) < 4.78 is 13.7. The highest BCUT2D eigenvalue weighted by atomic mass is 32.1. The molecule has 2 aromatic rings. The zero-order valence-corrected chi connectivity index (χ0v) is 15.9. The van der Waals surface area contributed by atoms with E-state index in [0.29, 0.717) is 12.2 Å². The molecule has 0 amide bonds. The van der Waals surface area contributed by atoms with E-state index in [4.69, 9.17) is 0 Å². The number of aromatic nitrogens is 1. The van der Waals surface area contributed by atoms with Crippen molar-refractivity contribution >= 4 is 23.0 Å². The molecule has 1 aromatic carbocycles. The van der Waals surface area contributed by atoms with Crippen LogP contribution in [0.3, 0.4) is 0 Å². The second-order valence-corrected chi connectivity index (χ2v) is 7.03. The molecular formula is C18H26FN5S. The van der Waals surface area contributed by atoms with Gasteiger partial charge in [-0.2, -0.15) is 0 Å². The van der Waals surface area contributed by atoms with Crippen LogP contribution >= 0.6 is 11.3 Å². The first-order valence-corrected chi connectivity index (χ1v) is 9.31. The maximum atomic E-state index is 13.7. The molecular weight excluding hydrogens is 337 g/mol. The summed E-state index contributed by atoms with van der Waals surface area (Å²) in [4.78, 5) is 12.0. The summed E-state index contributed by atoms with van der Waals surface area (Å²) in [5.41, 5.74) is 0.627. The van der Waals surface area contributed by atoms with Crippen molar-refractivity contribution in [3.05, 3.63) is 46.2 Å². The Morgan fingerprint density at radius 3 is 2.80 bits per heavy atom. The van der Waals surface area contributed by atoms with Gasteiger partial charge < -0.3 is 15.5 Å². The van der Waals surface area contributed by atoms with Crippen LogP contribution in [0.2, 0.25) is 0 Å². The topological polar surface area (TPSA) is 52.6 Å². The molecule has 0 atom stereocenters. The summed E-state index contributed by atoms with van der Waals surface area (Å²) in [5, 5.41) is 7.55. The normalized spacial score (nSPS) is 11.4. The van der Waals surface area contributed by atoms with E-state index in [2.05, 4.69) is 20.6 Å². The van der Waals surface area contributed by atoms with Crippen molar-refractivity contribution in [3.63, 3.8) is 0 Å². The molecule has 0 aliphatic rings. The molecule has 0 aliphatic carbocycles. The first-order valence-electron chi connectivity index (χ1n) is 8.49. The number of aryl methyl sites for hydroxylation is 1. The van der Waals surface area contributed by atoms with Crippen LogP contribution in [0.1, 0.15) is 23.2 Å². The summed E-state index contributed by atoms with van der Waals surface area (Å²) >= 11 is 1.66. The van der Waals surface area contributed by atoms with Crippen molar-refractivity contribution in [1.82, 2.24) is 15.6 Å². The Balaban J connectivity index is 1.78. The Labute approximate surface area is 153 Å². The number of nitrogens with zero attached hydrogens (tertiary/aromatic N) is 3. The van der Waals surface area contributed by atoms with Gasteiger partial charge in [0.15, 0.2) is 5.96 Å². The number of aliphatic imine (C=N–C) groups is 1. The molecule has 2 rings (SSSR count). The van der Waals surface area contributed by atoms with Gasteiger partial charge in [0.1, 0.15) is 10.8 Å². The van der Waals surface area contributed by atoms with Crippen LogP contribution in [0.4, 0.5) is 10.1 Å². The highest BCUT2D eigenvalue weighted by Crippen LogP contribution is 2.16. The van der Waals surface area contributed by atoms with E-state index < -0.39 is 0 Å². The van der Waals surface area contributed by atoms with E-state index in [9.17, 15) is 4.39 Å². The quantitative estimate of drug-likeness (QED) is 0.430. The SMILES string of the molecule is CCNC(=NCc1ncc(C)s1)NCCCN(C)c1ccccc1F. The molecule has 1 aromatic heterocycles. The predicted molar refractivity (Wildman–Crippen MR) is 104 cm³/mol. The van der Waals surface area contributed by atoms with Crippen molar-refractivity contribution in [1.29, 1.82) is 0 Å². The smallest absolute Gasteiger partial charge is 0.191 e. The molecule has 0 saturated carbocycles. The Morgan fingerprint density at radius 1 is 1.32 bits per heavy atom. The van der Waals surface area contributed by atoms with Crippen molar-refractivity contribution in [3.8, 4) is 0 Å². The summed E-state index contributed by atoms with van der Waals surface area (Å²) in [6.45, 7) is 6.98. The fraction of sp³-hybridized carbons (Fsp3) is 0.444. The lowest BCUT2D eigenvalue weighted by molar-refractivity contribution is 0.619. The molecule has 136 valence electrons. The zero-order valence-electron chi connectivity index (χ0n) is 15.1. The molecule has 2 N–H and O–H groups in total. The van der Waals surface area contributed by atoms with Crippen molar-refractivity contribution < 1.29 is 4.39 Å². The predicted octanol–water partition coefficient (Wildman–Crippen LogP) is 3.17. The molecule has 0 fully saturated rings. The molecule has 0 spiro atoms. The van der Waals surface area contributed by atoms with Crippen LogP contribution in [-0.4, -0.2) is 37.6 Å². The summed E-state index contributed by atoms with van der Waals surface area (Å²) in [6.07, 6.45) is 2.75. The molecule has 0 radical (unpaired) electrons. The van der Waals surface area contributed by atoms with Gasteiger partial charge in [0.05, 0.1) is 12.2 Å². The Hall–Kier alpha value is -2.15. The van der Waals surface area contributed by atoms with Gasteiger partial charge in [-0.25, -0.2) is 14.4 Å². The lowest BCUT2D eigenvalue weighted by Crippen LogP contribution is -2.38. The second-order valence-electron chi connectivity index (χ2n) is 5.71. The van der Waals surface area contributed by atoms with Crippen LogP contribution in [-0.2, 0) is 6.54 Å². The van der Waals surface area contributed by atoms with Crippen LogP contribution < -0.4 is 15.5 Å². The monoisotopic (exact) mass is 363 g/mol. The third kappa shape index (κ3) is 6.34. The highest BCUT2D eigenvalue weighted by Gasteiger charge is 2.06. The molecule has 7 heteroatoms. The van der Waals surface area contributed by atoms with Crippen molar-refractivity contribution in [2.24, 2.45) is 4.99 Å². The van der Waals surface area contributed by atoms with Crippen LogP contribution in [0.15, 0.2) is 35.5 Å². The Morgan fingerprint density at radius 2 is 2.12 bits per heavy atom. The lowest BCUT2D eigenvalue weighted by atomic mass is 10.2. The fourth-order valence-corrected chi connectivity index (χ4v) is 3.08. The van der Waals surface area contributed by atoms with Crippen LogP contribution in [0, 0.1) is 12.7 Å². The van der Waals surface area contributed by atoms with Gasteiger partial charge in [-0.3, -0.25) is 0 Å². The number of rotatable bonds is 8. The molecule has 1 heterocycles. The number of hydrogen-bond donors (Lipinski definition) is 2.